The molecule has 0 amide bonds. The summed E-state index contributed by atoms with van der Waals surface area (Å²) in [5, 5.41) is 19.4. The minimum absolute atomic E-state index is 0.0385. The quantitative estimate of drug-likeness (QED) is 0.551. The molecule has 0 saturated carbocycles. The Morgan fingerprint density at radius 1 is 1.65 bits per heavy atom. The van der Waals surface area contributed by atoms with Gasteiger partial charge in [0.05, 0.1) is 6.61 Å². The van der Waals surface area contributed by atoms with Crippen molar-refractivity contribution >= 4 is 5.82 Å². The molecule has 0 bridgehead atoms. The van der Waals surface area contributed by atoms with Crippen molar-refractivity contribution in [1.29, 1.82) is 0 Å². The van der Waals surface area contributed by atoms with Crippen LogP contribution in [0.25, 0.3) is 0 Å². The Morgan fingerprint density at radius 3 is 3.00 bits per heavy atom. The van der Waals surface area contributed by atoms with Crippen molar-refractivity contribution in [2.24, 2.45) is 0 Å². The maximum atomic E-state index is 11.7. The van der Waals surface area contributed by atoms with E-state index in [2.05, 4.69) is 10.9 Å². The Morgan fingerprint density at radius 2 is 2.40 bits per heavy atom. The van der Waals surface area contributed by atoms with Gasteiger partial charge < -0.3 is 25.4 Å². The number of nitrogens with zero attached hydrogens (tertiary/aromatic N) is 2. The van der Waals surface area contributed by atoms with Gasteiger partial charge in [-0.15, -0.1) is 6.42 Å². The van der Waals surface area contributed by atoms with Crippen LogP contribution in [0.15, 0.2) is 17.1 Å². The van der Waals surface area contributed by atoms with E-state index in [0.29, 0.717) is 0 Å². The van der Waals surface area contributed by atoms with E-state index in [9.17, 15) is 15.0 Å². The number of aliphatic hydroxyl groups excluding tert-OH is 2. The summed E-state index contributed by atoms with van der Waals surface area (Å²) in [6, 6.07) is 1.40. The summed E-state index contributed by atoms with van der Waals surface area (Å²) in [6.07, 6.45) is 2.65. The molecular formula is C12H15N3O5. The Hall–Kier alpha value is -1.92. The highest BCUT2D eigenvalue weighted by Crippen LogP contribution is 2.30. The number of aliphatic hydroxyl groups is 2. The molecule has 1 saturated heterocycles. The van der Waals surface area contributed by atoms with Crippen LogP contribution in [0, 0.1) is 12.3 Å². The highest BCUT2D eigenvalue weighted by molar-refractivity contribution is 5.23. The van der Waals surface area contributed by atoms with E-state index < -0.39 is 30.2 Å². The fraction of sp³-hybridized carbons (Fsp3) is 0.500. The first-order valence-electron chi connectivity index (χ1n) is 5.92. The topological polar surface area (TPSA) is 120 Å². The molecule has 0 aliphatic carbocycles. The van der Waals surface area contributed by atoms with E-state index in [1.807, 2.05) is 0 Å². The van der Waals surface area contributed by atoms with Gasteiger partial charge in [0, 0.05) is 6.20 Å². The third-order valence-corrected chi connectivity index (χ3v) is 2.97. The van der Waals surface area contributed by atoms with Crippen LogP contribution in [-0.2, 0) is 9.47 Å². The van der Waals surface area contributed by atoms with E-state index in [1.54, 1.807) is 0 Å². The van der Waals surface area contributed by atoms with Gasteiger partial charge in [-0.2, -0.15) is 4.98 Å². The lowest BCUT2D eigenvalue weighted by Gasteiger charge is -2.19. The largest absolute Gasteiger partial charge is 0.394 e. The number of hydrogen-bond acceptors (Lipinski definition) is 7. The van der Waals surface area contributed by atoms with Crippen LogP contribution in [0.4, 0.5) is 5.82 Å². The number of nitrogen functional groups attached to an aromatic ring is 1. The Labute approximate surface area is 114 Å². The Kier molecular flexibility index (Phi) is 4.36. The maximum Gasteiger partial charge on any atom is 0.351 e. The molecule has 2 rings (SSSR count). The fourth-order valence-electron chi connectivity index (χ4n) is 2.07. The Bertz CT molecular complexity index is 567. The molecule has 0 aromatic carbocycles. The number of anilines is 1. The normalized spacial score (nSPS) is 29.2. The molecule has 0 spiro atoms. The zero-order valence-electron chi connectivity index (χ0n) is 10.5. The van der Waals surface area contributed by atoms with E-state index >= 15 is 0 Å². The van der Waals surface area contributed by atoms with Gasteiger partial charge in [0.1, 0.15) is 30.7 Å². The van der Waals surface area contributed by atoms with E-state index in [0.717, 1.165) is 4.57 Å². The molecule has 108 valence electrons. The van der Waals surface area contributed by atoms with Gasteiger partial charge in [-0.1, -0.05) is 5.92 Å². The van der Waals surface area contributed by atoms with Crippen molar-refractivity contribution in [3.05, 3.63) is 22.7 Å². The molecule has 20 heavy (non-hydrogen) atoms. The number of rotatable bonds is 4. The lowest BCUT2D eigenvalue weighted by molar-refractivity contribution is -0.0587. The lowest BCUT2D eigenvalue weighted by atomic mass is 10.1. The molecule has 1 aromatic heterocycles. The molecule has 1 unspecified atom stereocenters. The predicted molar refractivity (Wildman–Crippen MR) is 68.5 cm³/mol. The van der Waals surface area contributed by atoms with Crippen LogP contribution in [0.3, 0.4) is 0 Å². The van der Waals surface area contributed by atoms with Crippen molar-refractivity contribution in [2.45, 2.75) is 24.5 Å². The summed E-state index contributed by atoms with van der Waals surface area (Å²) in [6.45, 7) is -0.414. The summed E-state index contributed by atoms with van der Waals surface area (Å²) in [7, 11) is 0. The van der Waals surface area contributed by atoms with Crippen LogP contribution in [0.5, 0.6) is 0 Å². The number of terminal acetylenes is 1. The van der Waals surface area contributed by atoms with Crippen LogP contribution in [0.1, 0.15) is 6.23 Å². The summed E-state index contributed by atoms with van der Waals surface area (Å²) < 4.78 is 11.8. The van der Waals surface area contributed by atoms with Gasteiger partial charge in [-0.25, -0.2) is 4.79 Å². The number of hydrogen-bond donors (Lipinski definition) is 3. The first-order valence-corrected chi connectivity index (χ1v) is 5.92. The van der Waals surface area contributed by atoms with Gasteiger partial charge in [-0.3, -0.25) is 4.57 Å². The predicted octanol–water partition coefficient (Wildman–Crippen LogP) is -1.91. The average Bonchev–Trinajstić information content (AvgIpc) is 2.73. The molecule has 4 N–H and O–H groups in total. The minimum Gasteiger partial charge on any atom is -0.394 e. The second-order valence-electron chi connectivity index (χ2n) is 4.26. The number of ether oxygens (including phenoxy) is 2. The molecule has 1 fully saturated rings. The van der Waals surface area contributed by atoms with Gasteiger partial charge in [0.15, 0.2) is 6.23 Å². The van der Waals surface area contributed by atoms with Crippen molar-refractivity contribution in [3.63, 3.8) is 0 Å². The van der Waals surface area contributed by atoms with Crippen molar-refractivity contribution in [3.8, 4) is 12.3 Å². The van der Waals surface area contributed by atoms with Crippen molar-refractivity contribution < 1.29 is 19.7 Å². The Balaban J connectivity index is 2.25. The van der Waals surface area contributed by atoms with Crippen LogP contribution < -0.4 is 11.4 Å². The average molecular weight is 281 g/mol. The number of aromatic nitrogens is 2. The van der Waals surface area contributed by atoms with Gasteiger partial charge in [0.25, 0.3) is 0 Å². The van der Waals surface area contributed by atoms with E-state index in [1.165, 1.54) is 12.3 Å². The second-order valence-corrected chi connectivity index (χ2v) is 4.26. The van der Waals surface area contributed by atoms with Crippen molar-refractivity contribution in [2.75, 3.05) is 18.9 Å². The first kappa shape index (κ1) is 14.5. The molecule has 0 radical (unpaired) electrons. The van der Waals surface area contributed by atoms with Gasteiger partial charge >= 0.3 is 5.69 Å². The summed E-state index contributed by atoms with van der Waals surface area (Å²) >= 11 is 0. The SMILES string of the molecule is C#CCO[C@@H]1[C@@H](CO)OC(n2ccc(N)nc2=O)[C@@H]1O. The molecule has 1 aliphatic rings. The highest BCUT2D eigenvalue weighted by Gasteiger charge is 2.45. The van der Waals surface area contributed by atoms with E-state index in [4.69, 9.17) is 21.6 Å². The third-order valence-electron chi connectivity index (χ3n) is 2.97. The molecule has 8 nitrogen and oxygen atoms in total. The molecule has 4 atom stereocenters. The summed E-state index contributed by atoms with van der Waals surface area (Å²) in [5.41, 5.74) is 4.73. The van der Waals surface area contributed by atoms with Crippen LogP contribution >= 0.6 is 0 Å². The number of nitrogens with two attached hydrogens (primary N) is 1. The molecule has 2 heterocycles. The zero-order chi connectivity index (χ0) is 14.7. The van der Waals surface area contributed by atoms with Crippen LogP contribution in [-0.4, -0.2) is 51.3 Å². The summed E-state index contributed by atoms with van der Waals surface area (Å²) in [4.78, 5) is 15.3. The second kappa shape index (κ2) is 6.02. The highest BCUT2D eigenvalue weighted by atomic mass is 16.6. The molecule has 1 aliphatic heterocycles. The third kappa shape index (κ3) is 2.66. The van der Waals surface area contributed by atoms with Crippen LogP contribution in [0.2, 0.25) is 0 Å². The fourth-order valence-corrected chi connectivity index (χ4v) is 2.07. The van der Waals surface area contributed by atoms with Crippen molar-refractivity contribution in [1.82, 2.24) is 9.55 Å². The minimum atomic E-state index is -1.16. The standard InChI is InChI=1S/C12H15N3O5/c1-2-5-19-10-7(6-16)20-11(9(10)17)15-4-3-8(13)14-12(15)18/h1,3-4,7,9-11,16-17H,5-6H2,(H2,13,14,18)/t7-,9-,10-,11?/m1/s1. The van der Waals surface area contributed by atoms with Gasteiger partial charge in [-0.05, 0) is 6.07 Å². The van der Waals surface area contributed by atoms with E-state index in [-0.39, 0.29) is 19.0 Å². The lowest BCUT2D eigenvalue weighted by Crippen LogP contribution is -2.38. The smallest absolute Gasteiger partial charge is 0.351 e. The zero-order valence-corrected chi connectivity index (χ0v) is 10.5. The first-order chi connectivity index (χ1) is 9.58. The molecular weight excluding hydrogens is 266 g/mol. The molecule has 1 aromatic rings. The summed E-state index contributed by atoms with van der Waals surface area (Å²) in [5.74, 6) is 2.33. The monoisotopic (exact) mass is 281 g/mol. The van der Waals surface area contributed by atoms with Gasteiger partial charge in [0.2, 0.25) is 0 Å². The maximum absolute atomic E-state index is 11.7. The molecule has 8 heteroatoms.